The summed E-state index contributed by atoms with van der Waals surface area (Å²) in [5.74, 6) is 0.196. The molecule has 5 nitrogen and oxygen atoms in total. The summed E-state index contributed by atoms with van der Waals surface area (Å²) < 4.78 is 5.04. The van der Waals surface area contributed by atoms with E-state index in [2.05, 4.69) is 0 Å². The van der Waals surface area contributed by atoms with Crippen LogP contribution in [0.5, 0.6) is 5.75 Å². The Morgan fingerprint density at radius 1 is 1.26 bits per heavy atom. The number of aliphatic hydroxyl groups excluding tert-OH is 1. The quantitative estimate of drug-likeness (QED) is 0.811. The van der Waals surface area contributed by atoms with Gasteiger partial charge in [0.1, 0.15) is 5.75 Å². The molecule has 2 amide bonds. The molecule has 0 bridgehead atoms. The summed E-state index contributed by atoms with van der Waals surface area (Å²) in [5.41, 5.74) is 0.668. The zero-order chi connectivity index (χ0) is 13.6. The molecule has 1 aliphatic carbocycles. The predicted molar refractivity (Wildman–Crippen MR) is 66.3 cm³/mol. The van der Waals surface area contributed by atoms with Crippen LogP contribution in [0, 0.1) is 11.8 Å². The van der Waals surface area contributed by atoms with E-state index < -0.39 is 6.10 Å². The molecule has 0 spiro atoms. The van der Waals surface area contributed by atoms with E-state index in [0.29, 0.717) is 17.7 Å². The van der Waals surface area contributed by atoms with E-state index >= 15 is 0 Å². The van der Waals surface area contributed by atoms with Gasteiger partial charge in [-0.15, -0.1) is 0 Å². The Hall–Kier alpha value is -1.88. The Balaban J connectivity index is 1.69. The first-order valence-electron chi connectivity index (χ1n) is 6.29. The number of carbonyl (C=O) groups is 2. The first kappa shape index (κ1) is 12.2. The summed E-state index contributed by atoms with van der Waals surface area (Å²) in [7, 11) is 1.57. The molecule has 3 unspecified atom stereocenters. The van der Waals surface area contributed by atoms with E-state index in [1.165, 1.54) is 4.90 Å². The van der Waals surface area contributed by atoms with Crippen molar-refractivity contribution in [3.05, 3.63) is 29.8 Å². The first-order chi connectivity index (χ1) is 9.11. The molecule has 1 aromatic carbocycles. The second-order valence-electron chi connectivity index (χ2n) is 5.02. The second-order valence-corrected chi connectivity index (χ2v) is 5.02. The molecule has 0 radical (unpaired) electrons. The molecule has 5 heteroatoms. The summed E-state index contributed by atoms with van der Waals surface area (Å²) in [6.07, 6.45) is -0.163. The Morgan fingerprint density at radius 3 is 2.37 bits per heavy atom. The highest BCUT2D eigenvalue weighted by Gasteiger charge is 2.58. The minimum Gasteiger partial charge on any atom is -0.497 e. The zero-order valence-corrected chi connectivity index (χ0v) is 10.6. The normalized spacial score (nSPS) is 26.3. The highest BCUT2D eigenvalue weighted by Crippen LogP contribution is 2.47. The van der Waals surface area contributed by atoms with E-state index in [-0.39, 0.29) is 30.2 Å². The average molecular weight is 261 g/mol. The van der Waals surface area contributed by atoms with Crippen molar-refractivity contribution >= 4 is 11.8 Å². The molecule has 1 heterocycles. The third-order valence-corrected chi connectivity index (χ3v) is 3.81. The summed E-state index contributed by atoms with van der Waals surface area (Å²) in [5, 5.41) is 10.1. The Bertz CT molecular complexity index is 505. The standard InChI is InChI=1S/C14H15NO4/c1-19-9-4-2-8(3-5-9)12(16)7-15-13(17)10-6-11(10)14(15)18/h2-5,10-12,16H,6-7H2,1H3. The van der Waals surface area contributed by atoms with Crippen LogP contribution in [0.15, 0.2) is 24.3 Å². The molecule has 100 valence electrons. The largest absolute Gasteiger partial charge is 0.497 e. The number of fused-ring (bicyclic) bond motifs is 1. The molecule has 1 aliphatic heterocycles. The van der Waals surface area contributed by atoms with Crippen molar-refractivity contribution in [1.29, 1.82) is 0 Å². The maximum atomic E-state index is 11.8. The van der Waals surface area contributed by atoms with Gasteiger partial charge in [-0.1, -0.05) is 12.1 Å². The van der Waals surface area contributed by atoms with Crippen LogP contribution in [0.2, 0.25) is 0 Å². The van der Waals surface area contributed by atoms with Gasteiger partial charge >= 0.3 is 0 Å². The lowest BCUT2D eigenvalue weighted by molar-refractivity contribution is -0.143. The van der Waals surface area contributed by atoms with Crippen molar-refractivity contribution in [1.82, 2.24) is 4.90 Å². The van der Waals surface area contributed by atoms with Gasteiger partial charge in [0, 0.05) is 0 Å². The van der Waals surface area contributed by atoms with Gasteiger partial charge < -0.3 is 9.84 Å². The van der Waals surface area contributed by atoms with Crippen LogP contribution in [0.4, 0.5) is 0 Å². The fourth-order valence-electron chi connectivity index (χ4n) is 2.53. The number of likely N-dealkylation sites (tertiary alicyclic amines) is 1. The van der Waals surface area contributed by atoms with Gasteiger partial charge in [0.25, 0.3) is 0 Å². The Labute approximate surface area is 110 Å². The molecule has 1 saturated heterocycles. The number of methoxy groups -OCH3 is 1. The third kappa shape index (κ3) is 2.00. The van der Waals surface area contributed by atoms with Crippen LogP contribution in [0.1, 0.15) is 18.1 Å². The molecule has 19 heavy (non-hydrogen) atoms. The fraction of sp³-hybridized carbons (Fsp3) is 0.429. The maximum absolute atomic E-state index is 11.8. The first-order valence-corrected chi connectivity index (χ1v) is 6.29. The van der Waals surface area contributed by atoms with Gasteiger partial charge in [0.05, 0.1) is 31.6 Å². The SMILES string of the molecule is COc1ccc(C(O)CN2C(=O)C3CC3C2=O)cc1. The average Bonchev–Trinajstić information content (AvgIpc) is 3.19. The Kier molecular flexibility index (Phi) is 2.78. The molecule has 3 atom stereocenters. The van der Waals surface area contributed by atoms with E-state index in [4.69, 9.17) is 4.74 Å². The van der Waals surface area contributed by atoms with Gasteiger partial charge in [-0.3, -0.25) is 14.5 Å². The van der Waals surface area contributed by atoms with E-state index in [1.54, 1.807) is 31.4 Å². The molecule has 0 aromatic heterocycles. The molecule has 1 N–H and O–H groups in total. The number of benzene rings is 1. The van der Waals surface area contributed by atoms with Crippen molar-refractivity contribution in [3.63, 3.8) is 0 Å². The smallest absolute Gasteiger partial charge is 0.233 e. The molecule has 1 aromatic rings. The lowest BCUT2D eigenvalue weighted by Gasteiger charge is -2.20. The fourth-order valence-corrected chi connectivity index (χ4v) is 2.53. The summed E-state index contributed by atoms with van der Waals surface area (Å²) in [6.45, 7) is 0.0387. The van der Waals surface area contributed by atoms with Crippen molar-refractivity contribution in [2.24, 2.45) is 11.8 Å². The highest BCUT2D eigenvalue weighted by atomic mass is 16.5. The van der Waals surface area contributed by atoms with E-state index in [1.807, 2.05) is 0 Å². The van der Waals surface area contributed by atoms with Gasteiger partial charge in [-0.2, -0.15) is 0 Å². The van der Waals surface area contributed by atoms with E-state index in [9.17, 15) is 14.7 Å². The number of ether oxygens (including phenoxy) is 1. The van der Waals surface area contributed by atoms with Gasteiger partial charge in [-0.05, 0) is 24.1 Å². The number of carbonyl (C=O) groups excluding carboxylic acids is 2. The van der Waals surface area contributed by atoms with Gasteiger partial charge in [0.15, 0.2) is 0 Å². The number of piperidine rings is 1. The second kappa shape index (κ2) is 4.35. The molecule has 2 aliphatic rings. The molecule has 3 rings (SSSR count). The van der Waals surface area contributed by atoms with Gasteiger partial charge in [-0.25, -0.2) is 0 Å². The lowest BCUT2D eigenvalue weighted by atomic mass is 10.1. The van der Waals surface area contributed by atoms with Crippen LogP contribution in [-0.2, 0) is 9.59 Å². The van der Waals surface area contributed by atoms with Crippen LogP contribution in [0.3, 0.4) is 0 Å². The minimum atomic E-state index is -0.851. The zero-order valence-electron chi connectivity index (χ0n) is 10.6. The number of hydrogen-bond acceptors (Lipinski definition) is 4. The van der Waals surface area contributed by atoms with E-state index in [0.717, 1.165) is 0 Å². The Morgan fingerprint density at radius 2 is 1.84 bits per heavy atom. The van der Waals surface area contributed by atoms with Crippen molar-refractivity contribution < 1.29 is 19.4 Å². The predicted octanol–water partition coefficient (Wildman–Crippen LogP) is 0.734. The number of amides is 2. The third-order valence-electron chi connectivity index (χ3n) is 3.81. The van der Waals surface area contributed by atoms with Gasteiger partial charge in [0.2, 0.25) is 11.8 Å². The topological polar surface area (TPSA) is 66.8 Å². The number of β-amino-alcohol motifs (C(OH)–C–C–N with tert-alkyl or cyclic N) is 1. The summed E-state index contributed by atoms with van der Waals surface area (Å²) in [6, 6.07) is 6.94. The minimum absolute atomic E-state index is 0.0387. The maximum Gasteiger partial charge on any atom is 0.233 e. The van der Waals surface area contributed by atoms with Crippen molar-refractivity contribution in [2.45, 2.75) is 12.5 Å². The molecule has 2 fully saturated rings. The number of hydrogen-bond donors (Lipinski definition) is 1. The number of rotatable bonds is 4. The number of aliphatic hydroxyl groups is 1. The van der Waals surface area contributed by atoms with Crippen molar-refractivity contribution in [3.8, 4) is 5.75 Å². The molecule has 1 saturated carbocycles. The van der Waals surface area contributed by atoms with Crippen LogP contribution in [-0.4, -0.2) is 35.5 Å². The molecular weight excluding hydrogens is 246 g/mol. The lowest BCUT2D eigenvalue weighted by Crippen LogP contribution is -2.36. The van der Waals surface area contributed by atoms with Crippen LogP contribution < -0.4 is 4.74 Å². The van der Waals surface area contributed by atoms with Crippen molar-refractivity contribution in [2.75, 3.05) is 13.7 Å². The highest BCUT2D eigenvalue weighted by molar-refractivity contribution is 6.08. The monoisotopic (exact) mass is 261 g/mol. The van der Waals surface area contributed by atoms with Crippen LogP contribution >= 0.6 is 0 Å². The summed E-state index contributed by atoms with van der Waals surface area (Å²) >= 11 is 0. The number of imide groups is 1. The number of nitrogens with zero attached hydrogens (tertiary/aromatic N) is 1. The van der Waals surface area contributed by atoms with Crippen LogP contribution in [0.25, 0.3) is 0 Å². The summed E-state index contributed by atoms with van der Waals surface area (Å²) in [4.78, 5) is 24.8. The molecular formula is C14H15NO4.